The van der Waals surface area contributed by atoms with Gasteiger partial charge in [-0.05, 0) is 37.6 Å². The van der Waals surface area contributed by atoms with Crippen LogP contribution in [0.4, 0.5) is 0 Å². The Labute approximate surface area is 135 Å². The molecule has 0 atom stereocenters. The monoisotopic (exact) mass is 324 g/mol. The first kappa shape index (κ1) is 13.9. The summed E-state index contributed by atoms with van der Waals surface area (Å²) in [4.78, 5) is 22.0. The number of hydrogen-bond donors (Lipinski definition) is 0. The molecule has 0 saturated carbocycles. The van der Waals surface area contributed by atoms with E-state index in [-0.39, 0.29) is 5.63 Å². The minimum atomic E-state index is -0.370. The van der Waals surface area contributed by atoms with E-state index in [0.717, 1.165) is 26.0 Å². The lowest BCUT2D eigenvalue weighted by Gasteiger charge is -2.07. The molecular formula is C17H12N2O3S. The van der Waals surface area contributed by atoms with Crippen LogP contribution in [0.15, 0.2) is 45.9 Å². The number of rotatable bonds is 2. The molecule has 4 rings (SSSR count). The summed E-state index contributed by atoms with van der Waals surface area (Å²) in [6, 6.07) is 8.89. The normalized spacial score (nSPS) is 11.2. The van der Waals surface area contributed by atoms with Crippen LogP contribution >= 0.6 is 11.3 Å². The number of ether oxygens (including phenoxy) is 1. The smallest absolute Gasteiger partial charge is 0.336 e. The van der Waals surface area contributed by atoms with Gasteiger partial charge in [0.2, 0.25) is 5.88 Å². The molecule has 0 aliphatic heterocycles. The molecule has 5 nitrogen and oxygen atoms in total. The van der Waals surface area contributed by atoms with Crippen molar-refractivity contribution in [2.45, 2.75) is 13.8 Å². The summed E-state index contributed by atoms with van der Waals surface area (Å²) in [5.41, 5.74) is 1.00. The van der Waals surface area contributed by atoms with E-state index in [1.165, 1.54) is 12.4 Å². The zero-order valence-corrected chi connectivity index (χ0v) is 13.3. The summed E-state index contributed by atoms with van der Waals surface area (Å²) in [6.07, 6.45) is 1.49. The zero-order valence-electron chi connectivity index (χ0n) is 12.5. The second kappa shape index (κ2) is 5.17. The highest BCUT2D eigenvalue weighted by Gasteiger charge is 2.10. The molecule has 3 aromatic heterocycles. The first-order valence-corrected chi connectivity index (χ1v) is 7.85. The van der Waals surface area contributed by atoms with E-state index in [1.54, 1.807) is 17.4 Å². The number of benzene rings is 1. The topological polar surface area (TPSA) is 65.2 Å². The first-order chi connectivity index (χ1) is 11.1. The average molecular weight is 324 g/mol. The predicted molar refractivity (Wildman–Crippen MR) is 89.4 cm³/mol. The van der Waals surface area contributed by atoms with Crippen molar-refractivity contribution in [1.29, 1.82) is 0 Å². The lowest BCUT2D eigenvalue weighted by atomic mass is 10.1. The fraction of sp³-hybridized carbons (Fsp3) is 0.118. The van der Waals surface area contributed by atoms with Gasteiger partial charge in [-0.15, -0.1) is 11.3 Å². The van der Waals surface area contributed by atoms with Crippen molar-refractivity contribution in [2.75, 3.05) is 0 Å². The van der Waals surface area contributed by atoms with E-state index in [1.807, 2.05) is 32.0 Å². The zero-order chi connectivity index (χ0) is 16.0. The Morgan fingerprint density at radius 1 is 1.09 bits per heavy atom. The Bertz CT molecular complexity index is 1100. The molecule has 3 heterocycles. The minimum Gasteiger partial charge on any atom is -0.438 e. The van der Waals surface area contributed by atoms with Gasteiger partial charge in [-0.3, -0.25) is 0 Å². The van der Waals surface area contributed by atoms with E-state index in [2.05, 4.69) is 9.97 Å². The van der Waals surface area contributed by atoms with Crippen LogP contribution in [-0.2, 0) is 0 Å². The van der Waals surface area contributed by atoms with E-state index >= 15 is 0 Å². The average Bonchev–Trinajstić information content (AvgIpc) is 2.88. The number of thiophene rings is 1. The molecule has 23 heavy (non-hydrogen) atoms. The Morgan fingerprint density at radius 3 is 2.83 bits per heavy atom. The van der Waals surface area contributed by atoms with Crippen LogP contribution in [0.5, 0.6) is 11.6 Å². The molecule has 0 fully saturated rings. The van der Waals surface area contributed by atoms with Crippen LogP contribution in [0.1, 0.15) is 10.4 Å². The molecule has 4 aromatic rings. The highest BCUT2D eigenvalue weighted by molar-refractivity contribution is 7.18. The summed E-state index contributed by atoms with van der Waals surface area (Å²) < 4.78 is 11.1. The number of aryl methyl sites for hydroxylation is 2. The van der Waals surface area contributed by atoms with Crippen molar-refractivity contribution >= 4 is 32.5 Å². The summed E-state index contributed by atoms with van der Waals surface area (Å²) in [7, 11) is 0. The van der Waals surface area contributed by atoms with Gasteiger partial charge in [0.25, 0.3) is 0 Å². The lowest BCUT2D eigenvalue weighted by molar-refractivity contribution is 0.466. The molecular weight excluding hydrogens is 312 g/mol. The van der Waals surface area contributed by atoms with Crippen molar-refractivity contribution in [3.63, 3.8) is 0 Å². The maximum absolute atomic E-state index is 11.5. The summed E-state index contributed by atoms with van der Waals surface area (Å²) >= 11 is 1.59. The molecule has 0 bridgehead atoms. The van der Waals surface area contributed by atoms with Crippen molar-refractivity contribution in [3.8, 4) is 11.6 Å². The SMILES string of the molecule is Cc1cc2c(Oc3ccc4c(C)cc(=O)oc4c3)ncnc2s1. The van der Waals surface area contributed by atoms with Crippen LogP contribution in [-0.4, -0.2) is 9.97 Å². The van der Waals surface area contributed by atoms with Crippen molar-refractivity contribution in [1.82, 2.24) is 9.97 Å². The van der Waals surface area contributed by atoms with Crippen molar-refractivity contribution in [3.05, 3.63) is 57.5 Å². The predicted octanol–water partition coefficient (Wildman–Crippen LogP) is 4.21. The van der Waals surface area contributed by atoms with E-state index in [4.69, 9.17) is 9.15 Å². The number of hydrogen-bond acceptors (Lipinski definition) is 6. The van der Waals surface area contributed by atoms with Gasteiger partial charge in [-0.2, -0.15) is 0 Å². The number of aromatic nitrogens is 2. The molecule has 0 unspecified atom stereocenters. The highest BCUT2D eigenvalue weighted by atomic mass is 32.1. The molecule has 0 amide bonds. The third kappa shape index (κ3) is 2.47. The molecule has 0 aliphatic carbocycles. The van der Waals surface area contributed by atoms with E-state index in [9.17, 15) is 4.79 Å². The Balaban J connectivity index is 1.81. The van der Waals surface area contributed by atoms with Crippen LogP contribution in [0, 0.1) is 13.8 Å². The van der Waals surface area contributed by atoms with Crippen molar-refractivity contribution in [2.24, 2.45) is 0 Å². The maximum atomic E-state index is 11.5. The molecule has 0 radical (unpaired) electrons. The molecule has 1 aromatic carbocycles. The van der Waals surface area contributed by atoms with Crippen LogP contribution in [0.25, 0.3) is 21.2 Å². The number of nitrogens with zero attached hydrogens (tertiary/aromatic N) is 2. The quantitative estimate of drug-likeness (QED) is 0.517. The fourth-order valence-corrected chi connectivity index (χ4v) is 3.35. The maximum Gasteiger partial charge on any atom is 0.336 e. The third-order valence-electron chi connectivity index (χ3n) is 3.55. The van der Waals surface area contributed by atoms with E-state index < -0.39 is 0 Å². The fourth-order valence-electron chi connectivity index (χ4n) is 2.52. The molecule has 114 valence electrons. The van der Waals surface area contributed by atoms with Gasteiger partial charge in [0.1, 0.15) is 22.5 Å². The molecule has 6 heteroatoms. The standard InChI is InChI=1S/C17H12N2O3S/c1-9-5-15(20)22-14-7-11(3-4-12(9)14)21-16-13-6-10(2)23-17(13)19-8-18-16/h3-8H,1-2H3. The van der Waals surface area contributed by atoms with E-state index in [0.29, 0.717) is 17.2 Å². The Kier molecular flexibility index (Phi) is 3.12. The molecule has 0 aliphatic rings. The first-order valence-electron chi connectivity index (χ1n) is 7.04. The third-order valence-corrected chi connectivity index (χ3v) is 4.51. The second-order valence-corrected chi connectivity index (χ2v) is 6.50. The molecule has 0 spiro atoms. The van der Waals surface area contributed by atoms with Gasteiger partial charge in [-0.25, -0.2) is 14.8 Å². The van der Waals surface area contributed by atoms with Crippen LogP contribution in [0.2, 0.25) is 0 Å². The summed E-state index contributed by atoms with van der Waals surface area (Å²) in [5.74, 6) is 1.06. The van der Waals surface area contributed by atoms with Crippen LogP contribution < -0.4 is 10.4 Å². The Hall–Kier alpha value is -2.73. The van der Waals surface area contributed by atoms with Gasteiger partial charge in [0.05, 0.1) is 5.39 Å². The highest BCUT2D eigenvalue weighted by Crippen LogP contribution is 2.32. The van der Waals surface area contributed by atoms with Crippen molar-refractivity contribution < 1.29 is 9.15 Å². The van der Waals surface area contributed by atoms with Gasteiger partial charge in [0, 0.05) is 22.4 Å². The van der Waals surface area contributed by atoms with Gasteiger partial charge in [0.15, 0.2) is 0 Å². The summed E-state index contributed by atoms with van der Waals surface area (Å²) in [5, 5.41) is 1.76. The number of fused-ring (bicyclic) bond motifs is 2. The van der Waals surface area contributed by atoms with Gasteiger partial charge in [-0.1, -0.05) is 0 Å². The minimum absolute atomic E-state index is 0.370. The van der Waals surface area contributed by atoms with Gasteiger partial charge < -0.3 is 9.15 Å². The molecule has 0 N–H and O–H groups in total. The van der Waals surface area contributed by atoms with Gasteiger partial charge >= 0.3 is 5.63 Å². The molecule has 0 saturated heterocycles. The second-order valence-electron chi connectivity index (χ2n) is 5.26. The summed E-state index contributed by atoms with van der Waals surface area (Å²) in [6.45, 7) is 3.89. The largest absolute Gasteiger partial charge is 0.438 e. The Morgan fingerprint density at radius 2 is 1.96 bits per heavy atom. The lowest BCUT2D eigenvalue weighted by Crippen LogP contribution is -1.98. The van der Waals surface area contributed by atoms with Crippen LogP contribution in [0.3, 0.4) is 0 Å².